The zero-order chi connectivity index (χ0) is 14.9. The first-order valence-corrected chi connectivity index (χ1v) is 6.19. The van der Waals surface area contributed by atoms with E-state index in [0.29, 0.717) is 0 Å². The molecule has 1 N–H and O–H groups in total. The van der Waals surface area contributed by atoms with Gasteiger partial charge in [0, 0.05) is 13.0 Å². The van der Waals surface area contributed by atoms with Crippen LogP contribution in [-0.2, 0) is 9.53 Å². The summed E-state index contributed by atoms with van der Waals surface area (Å²) in [7, 11) is 1.19. The van der Waals surface area contributed by atoms with Gasteiger partial charge in [-0.15, -0.1) is 0 Å². The van der Waals surface area contributed by atoms with Gasteiger partial charge in [0.2, 0.25) is 0 Å². The number of carbonyl (C=O) groups is 2. The monoisotopic (exact) mass is 302 g/mol. The quantitative estimate of drug-likeness (QED) is 0.640. The third-order valence-corrected chi connectivity index (χ3v) is 3.35. The van der Waals surface area contributed by atoms with E-state index in [2.05, 4.69) is 9.72 Å². The Hall–Kier alpha value is -1.73. The number of amides is 1. The molecule has 6 nitrogen and oxygen atoms in total. The van der Waals surface area contributed by atoms with Gasteiger partial charge in [0.1, 0.15) is 17.0 Å². The van der Waals surface area contributed by atoms with Crippen LogP contribution in [0.4, 0.5) is 4.39 Å². The van der Waals surface area contributed by atoms with Crippen molar-refractivity contribution < 1.29 is 23.8 Å². The van der Waals surface area contributed by atoms with Gasteiger partial charge >= 0.3 is 5.97 Å². The molecule has 2 atom stereocenters. The van der Waals surface area contributed by atoms with Crippen LogP contribution in [0.15, 0.2) is 12.3 Å². The van der Waals surface area contributed by atoms with E-state index < -0.39 is 29.8 Å². The lowest BCUT2D eigenvalue weighted by Crippen LogP contribution is -2.41. The van der Waals surface area contributed by atoms with Crippen molar-refractivity contribution in [1.29, 1.82) is 0 Å². The van der Waals surface area contributed by atoms with E-state index in [1.165, 1.54) is 7.11 Å². The number of nitrogens with zero attached hydrogens (tertiary/aromatic N) is 2. The Morgan fingerprint density at radius 1 is 1.60 bits per heavy atom. The van der Waals surface area contributed by atoms with Crippen LogP contribution in [0, 0.1) is 5.82 Å². The maximum absolute atomic E-state index is 13.2. The van der Waals surface area contributed by atoms with Crippen LogP contribution >= 0.6 is 11.6 Å². The molecule has 1 amide bonds. The average Bonchev–Trinajstić information content (AvgIpc) is 2.82. The standard InChI is InChI=1S/C12H12ClFN2O4/c1-20-12(19)9-3-7(17)5-16(9)11(18)8-2-6(14)4-15-10(8)13/h2,4,7,9,17H,3,5H2,1H3. The molecule has 2 heterocycles. The topological polar surface area (TPSA) is 79.7 Å². The van der Waals surface area contributed by atoms with E-state index in [1.54, 1.807) is 0 Å². The first-order valence-electron chi connectivity index (χ1n) is 5.82. The van der Waals surface area contributed by atoms with Gasteiger partial charge in [-0.2, -0.15) is 0 Å². The summed E-state index contributed by atoms with van der Waals surface area (Å²) in [6.45, 7) is -0.0502. The Morgan fingerprint density at radius 2 is 2.30 bits per heavy atom. The molecule has 0 aromatic carbocycles. The van der Waals surface area contributed by atoms with Gasteiger partial charge < -0.3 is 14.7 Å². The van der Waals surface area contributed by atoms with Crippen LogP contribution in [0.1, 0.15) is 16.8 Å². The summed E-state index contributed by atoms with van der Waals surface area (Å²) < 4.78 is 17.7. The highest BCUT2D eigenvalue weighted by Crippen LogP contribution is 2.24. The molecule has 1 aromatic rings. The normalized spacial score (nSPS) is 21.9. The molecule has 8 heteroatoms. The molecule has 1 fully saturated rings. The van der Waals surface area contributed by atoms with Gasteiger partial charge in [0.25, 0.3) is 5.91 Å². The van der Waals surface area contributed by atoms with Crippen molar-refractivity contribution in [3.8, 4) is 0 Å². The molecule has 0 spiro atoms. The maximum atomic E-state index is 13.2. The third kappa shape index (κ3) is 2.73. The van der Waals surface area contributed by atoms with Crippen molar-refractivity contribution in [1.82, 2.24) is 9.88 Å². The lowest BCUT2D eigenvalue weighted by Gasteiger charge is -2.22. The van der Waals surface area contributed by atoms with Gasteiger partial charge in [-0.1, -0.05) is 11.6 Å². The van der Waals surface area contributed by atoms with E-state index in [-0.39, 0.29) is 23.7 Å². The molecule has 2 rings (SSSR count). The number of hydrogen-bond acceptors (Lipinski definition) is 5. The van der Waals surface area contributed by atoms with Crippen LogP contribution in [0.5, 0.6) is 0 Å². The Morgan fingerprint density at radius 3 is 2.95 bits per heavy atom. The summed E-state index contributed by atoms with van der Waals surface area (Å²) in [5.41, 5.74) is -0.158. The van der Waals surface area contributed by atoms with Crippen molar-refractivity contribution in [3.63, 3.8) is 0 Å². The van der Waals surface area contributed by atoms with Crippen LogP contribution < -0.4 is 0 Å². The number of methoxy groups -OCH3 is 1. The molecule has 20 heavy (non-hydrogen) atoms. The number of aliphatic hydroxyl groups excluding tert-OH is 1. The van der Waals surface area contributed by atoms with Crippen molar-refractivity contribution >= 4 is 23.5 Å². The van der Waals surface area contributed by atoms with Gasteiger partial charge in [0.05, 0.1) is 25.0 Å². The van der Waals surface area contributed by atoms with E-state index >= 15 is 0 Å². The largest absolute Gasteiger partial charge is 0.467 e. The second-order valence-electron chi connectivity index (χ2n) is 4.38. The second-order valence-corrected chi connectivity index (χ2v) is 4.74. The minimum absolute atomic E-state index is 0.0502. The number of likely N-dealkylation sites (tertiary alicyclic amines) is 1. The SMILES string of the molecule is COC(=O)C1CC(O)CN1C(=O)c1cc(F)cnc1Cl. The van der Waals surface area contributed by atoms with Crippen LogP contribution in [0.2, 0.25) is 5.15 Å². The Bertz CT molecular complexity index is 554. The number of aliphatic hydroxyl groups is 1. The number of hydrogen-bond donors (Lipinski definition) is 1. The van der Waals surface area contributed by atoms with Gasteiger partial charge in [-0.25, -0.2) is 14.2 Å². The zero-order valence-electron chi connectivity index (χ0n) is 10.5. The number of esters is 1. The zero-order valence-corrected chi connectivity index (χ0v) is 11.3. The Kier molecular flexibility index (Phi) is 4.20. The van der Waals surface area contributed by atoms with Gasteiger partial charge in [-0.3, -0.25) is 4.79 Å². The number of carbonyl (C=O) groups excluding carboxylic acids is 2. The molecule has 1 aromatic heterocycles. The lowest BCUT2D eigenvalue weighted by molar-refractivity contribution is -0.145. The van der Waals surface area contributed by atoms with Crippen molar-refractivity contribution in [2.24, 2.45) is 0 Å². The predicted octanol–water partition coefficient (Wildman–Crippen LogP) is 0.622. The fourth-order valence-corrected chi connectivity index (χ4v) is 2.31. The lowest BCUT2D eigenvalue weighted by atomic mass is 10.2. The molecule has 0 radical (unpaired) electrons. The van der Waals surface area contributed by atoms with E-state index in [0.717, 1.165) is 17.2 Å². The van der Waals surface area contributed by atoms with Crippen LogP contribution in [0.25, 0.3) is 0 Å². The molecule has 0 saturated carbocycles. The average molecular weight is 303 g/mol. The number of ether oxygens (including phenoxy) is 1. The Labute approximate surface area is 119 Å². The van der Waals surface area contributed by atoms with E-state index in [4.69, 9.17) is 11.6 Å². The molecule has 1 saturated heterocycles. The third-order valence-electron chi connectivity index (χ3n) is 3.05. The summed E-state index contributed by atoms with van der Waals surface area (Å²) in [5.74, 6) is -2.03. The van der Waals surface area contributed by atoms with Gasteiger partial charge in [0.15, 0.2) is 0 Å². The minimum Gasteiger partial charge on any atom is -0.467 e. The molecule has 0 aliphatic carbocycles. The minimum atomic E-state index is -0.915. The molecule has 1 aliphatic rings. The summed E-state index contributed by atoms with van der Waals surface area (Å²) in [5, 5.41) is 9.44. The number of rotatable bonds is 2. The molecule has 2 unspecified atom stereocenters. The van der Waals surface area contributed by atoms with Crippen molar-refractivity contribution in [2.75, 3.05) is 13.7 Å². The Balaban J connectivity index is 2.31. The maximum Gasteiger partial charge on any atom is 0.328 e. The van der Waals surface area contributed by atoms with E-state index in [1.807, 2.05) is 0 Å². The molecule has 0 bridgehead atoms. The summed E-state index contributed by atoms with van der Waals surface area (Å²) >= 11 is 5.76. The number of aromatic nitrogens is 1. The highest BCUT2D eigenvalue weighted by molar-refractivity contribution is 6.32. The molecular weight excluding hydrogens is 291 g/mol. The number of halogens is 2. The second kappa shape index (κ2) is 5.72. The molecule has 1 aliphatic heterocycles. The van der Waals surface area contributed by atoms with Crippen LogP contribution in [-0.4, -0.2) is 52.7 Å². The van der Waals surface area contributed by atoms with Crippen LogP contribution in [0.3, 0.4) is 0 Å². The summed E-state index contributed by atoms with van der Waals surface area (Å²) in [6, 6.07) is 0.0262. The summed E-state index contributed by atoms with van der Waals surface area (Å²) in [6.07, 6.45) is 0.109. The first kappa shape index (κ1) is 14.7. The molecule has 108 valence electrons. The highest BCUT2D eigenvalue weighted by Gasteiger charge is 2.40. The summed E-state index contributed by atoms with van der Waals surface area (Å²) in [4.78, 5) is 28.6. The van der Waals surface area contributed by atoms with Crippen molar-refractivity contribution in [3.05, 3.63) is 28.8 Å². The predicted molar refractivity (Wildman–Crippen MR) is 66.7 cm³/mol. The number of β-amino-alcohol motifs (C(OH)–C–C–N with tert-alkyl or cyclic N) is 1. The fourth-order valence-electron chi connectivity index (χ4n) is 2.13. The highest BCUT2D eigenvalue weighted by atomic mass is 35.5. The van der Waals surface area contributed by atoms with E-state index in [9.17, 15) is 19.1 Å². The van der Waals surface area contributed by atoms with Gasteiger partial charge in [-0.05, 0) is 6.07 Å². The van der Waals surface area contributed by atoms with Crippen molar-refractivity contribution in [2.45, 2.75) is 18.6 Å². The molecular formula is C12H12ClFN2O4. The smallest absolute Gasteiger partial charge is 0.328 e. The number of pyridine rings is 1. The first-order chi connectivity index (χ1) is 9.43. The fraction of sp³-hybridized carbons (Fsp3) is 0.417.